The summed E-state index contributed by atoms with van der Waals surface area (Å²) in [6.45, 7) is 1.93. The number of anilines is 1. The number of aromatic nitrogens is 4. The number of carbonyl (C=O) groups excluding carboxylic acids is 1. The Labute approximate surface area is 167 Å². The Morgan fingerprint density at radius 3 is 2.69 bits per heavy atom. The van der Waals surface area contributed by atoms with Gasteiger partial charge in [0.15, 0.2) is 5.69 Å². The normalized spacial score (nSPS) is 13.4. The van der Waals surface area contributed by atoms with Crippen LogP contribution < -0.4 is 5.32 Å². The lowest BCUT2D eigenvalue weighted by molar-refractivity contribution is 0.102. The smallest absolute Gasteiger partial charge is 0.276 e. The molecule has 3 heterocycles. The second kappa shape index (κ2) is 6.84. The lowest BCUT2D eigenvalue weighted by atomic mass is 9.95. The molecule has 0 atom stereocenters. The van der Waals surface area contributed by atoms with Gasteiger partial charge in [0.1, 0.15) is 11.5 Å². The van der Waals surface area contributed by atoms with Crippen molar-refractivity contribution in [3.8, 4) is 5.69 Å². The summed E-state index contributed by atoms with van der Waals surface area (Å²) in [5.74, 6) is -0.530. The molecule has 1 N–H and O–H groups in total. The molecule has 0 aliphatic heterocycles. The van der Waals surface area contributed by atoms with Crippen LogP contribution in [0.3, 0.4) is 0 Å². The van der Waals surface area contributed by atoms with Crippen molar-refractivity contribution in [3.05, 3.63) is 77.3 Å². The molecule has 1 aliphatic carbocycles. The van der Waals surface area contributed by atoms with E-state index in [1.165, 1.54) is 12.1 Å². The molecule has 6 nitrogen and oxygen atoms in total. The van der Waals surface area contributed by atoms with Gasteiger partial charge in [0.25, 0.3) is 5.91 Å². The molecule has 0 bridgehead atoms. The first-order valence-corrected chi connectivity index (χ1v) is 9.72. The average molecular weight is 389 g/mol. The molecule has 29 heavy (non-hydrogen) atoms. The van der Waals surface area contributed by atoms with Crippen LogP contribution in [-0.4, -0.2) is 25.1 Å². The molecule has 146 valence electrons. The lowest BCUT2D eigenvalue weighted by Crippen LogP contribution is -2.16. The molecule has 0 saturated heterocycles. The Hall–Kier alpha value is -3.48. The van der Waals surface area contributed by atoms with Gasteiger partial charge in [-0.05, 0) is 69.0 Å². The molecule has 0 radical (unpaired) electrons. The van der Waals surface area contributed by atoms with E-state index in [0.29, 0.717) is 11.4 Å². The third-order valence-corrected chi connectivity index (χ3v) is 5.30. The minimum absolute atomic E-state index is 0.236. The molecule has 0 fully saturated rings. The number of amides is 1. The number of nitrogens with zero attached hydrogens (tertiary/aromatic N) is 4. The minimum atomic E-state index is -0.294. The van der Waals surface area contributed by atoms with Gasteiger partial charge >= 0.3 is 0 Å². The van der Waals surface area contributed by atoms with Crippen molar-refractivity contribution in [2.24, 2.45) is 0 Å². The number of rotatable bonds is 3. The number of carbonyl (C=O) groups is 1. The third kappa shape index (κ3) is 3.18. The predicted octanol–water partition coefficient (Wildman–Crippen LogP) is 4.10. The number of halogens is 1. The van der Waals surface area contributed by atoms with Gasteiger partial charge in [0.05, 0.1) is 17.1 Å². The van der Waals surface area contributed by atoms with E-state index in [9.17, 15) is 9.18 Å². The maximum Gasteiger partial charge on any atom is 0.276 e. The van der Waals surface area contributed by atoms with E-state index in [4.69, 9.17) is 0 Å². The first kappa shape index (κ1) is 17.6. The Kier molecular flexibility index (Phi) is 4.16. The predicted molar refractivity (Wildman–Crippen MR) is 108 cm³/mol. The van der Waals surface area contributed by atoms with Crippen molar-refractivity contribution in [2.75, 3.05) is 5.32 Å². The third-order valence-electron chi connectivity index (χ3n) is 5.30. The van der Waals surface area contributed by atoms with Crippen molar-refractivity contribution in [1.29, 1.82) is 0 Å². The van der Waals surface area contributed by atoms with Crippen LogP contribution in [0.4, 0.5) is 10.1 Å². The maximum absolute atomic E-state index is 13.3. The Morgan fingerprint density at radius 2 is 1.86 bits per heavy atom. The summed E-state index contributed by atoms with van der Waals surface area (Å²) >= 11 is 0. The number of benzene rings is 1. The Balaban J connectivity index is 1.50. The number of pyridine rings is 1. The molecule has 1 aromatic carbocycles. The monoisotopic (exact) mass is 389 g/mol. The van der Waals surface area contributed by atoms with Crippen molar-refractivity contribution in [2.45, 2.75) is 32.6 Å². The number of hydrogen-bond donors (Lipinski definition) is 1. The fourth-order valence-corrected chi connectivity index (χ4v) is 3.96. The summed E-state index contributed by atoms with van der Waals surface area (Å²) in [5, 5.41) is 7.58. The fraction of sp³-hybridized carbons (Fsp3) is 0.227. The summed E-state index contributed by atoms with van der Waals surface area (Å²) < 4.78 is 17.0. The minimum Gasteiger partial charge on any atom is -0.319 e. The van der Waals surface area contributed by atoms with E-state index in [0.717, 1.165) is 54.0 Å². The van der Waals surface area contributed by atoms with Crippen LogP contribution in [0.25, 0.3) is 11.3 Å². The van der Waals surface area contributed by atoms with Gasteiger partial charge in [-0.3, -0.25) is 4.79 Å². The second-order valence-electron chi connectivity index (χ2n) is 7.39. The SMILES string of the molecule is Cc1cn2cc(NC(=O)c3nn(-c4ccc(F)cc4)c4c3CCCC4)ccc2n1. The van der Waals surface area contributed by atoms with Gasteiger partial charge in [0.2, 0.25) is 0 Å². The molecule has 0 unspecified atom stereocenters. The maximum atomic E-state index is 13.3. The van der Waals surface area contributed by atoms with Crippen LogP contribution in [0.2, 0.25) is 0 Å². The summed E-state index contributed by atoms with van der Waals surface area (Å²) in [7, 11) is 0. The summed E-state index contributed by atoms with van der Waals surface area (Å²) in [4.78, 5) is 17.5. The van der Waals surface area contributed by atoms with Crippen molar-refractivity contribution < 1.29 is 9.18 Å². The number of fused-ring (bicyclic) bond motifs is 2. The number of imidazole rings is 1. The molecule has 5 rings (SSSR count). The van der Waals surface area contributed by atoms with Gasteiger partial charge in [-0.2, -0.15) is 5.10 Å². The standard InChI is InChI=1S/C22H20FN5O/c1-14-12-27-13-16(8-11-20(27)24-14)25-22(29)21-18-4-2-3-5-19(18)28(26-21)17-9-6-15(23)7-10-17/h6-13H,2-5H2,1H3,(H,25,29). The van der Waals surface area contributed by atoms with Crippen LogP contribution in [0.5, 0.6) is 0 Å². The molecule has 1 aliphatic rings. The second-order valence-corrected chi connectivity index (χ2v) is 7.39. The summed E-state index contributed by atoms with van der Waals surface area (Å²) in [5.41, 5.74) is 5.65. The van der Waals surface area contributed by atoms with Gasteiger partial charge in [-0.25, -0.2) is 14.1 Å². The molecule has 0 spiro atoms. The molecular weight excluding hydrogens is 369 g/mol. The topological polar surface area (TPSA) is 64.2 Å². The molecule has 3 aromatic heterocycles. The largest absolute Gasteiger partial charge is 0.319 e. The first-order chi connectivity index (χ1) is 14.1. The molecule has 1 amide bonds. The van der Waals surface area contributed by atoms with E-state index in [1.807, 2.05) is 35.9 Å². The van der Waals surface area contributed by atoms with E-state index >= 15 is 0 Å². The quantitative estimate of drug-likeness (QED) is 0.574. The average Bonchev–Trinajstić information content (AvgIpc) is 3.28. The number of aryl methyl sites for hydroxylation is 1. The molecule has 0 saturated carbocycles. The van der Waals surface area contributed by atoms with Crippen molar-refractivity contribution in [1.82, 2.24) is 19.2 Å². The van der Waals surface area contributed by atoms with Crippen molar-refractivity contribution in [3.63, 3.8) is 0 Å². The zero-order valence-electron chi connectivity index (χ0n) is 16.0. The van der Waals surface area contributed by atoms with Gasteiger partial charge in [-0.15, -0.1) is 0 Å². The van der Waals surface area contributed by atoms with Crippen LogP contribution in [0.15, 0.2) is 48.8 Å². The Bertz CT molecular complexity index is 1220. The lowest BCUT2D eigenvalue weighted by Gasteiger charge is -2.14. The zero-order chi connectivity index (χ0) is 20.0. The highest BCUT2D eigenvalue weighted by molar-refractivity contribution is 6.04. The van der Waals surface area contributed by atoms with Crippen LogP contribution >= 0.6 is 0 Å². The summed E-state index contributed by atoms with van der Waals surface area (Å²) in [6.07, 6.45) is 7.51. The van der Waals surface area contributed by atoms with Crippen molar-refractivity contribution >= 4 is 17.2 Å². The van der Waals surface area contributed by atoms with Gasteiger partial charge in [-0.1, -0.05) is 0 Å². The Morgan fingerprint density at radius 1 is 1.07 bits per heavy atom. The highest BCUT2D eigenvalue weighted by Gasteiger charge is 2.25. The van der Waals surface area contributed by atoms with Crippen LogP contribution in [0, 0.1) is 12.7 Å². The zero-order valence-corrected chi connectivity index (χ0v) is 16.0. The first-order valence-electron chi connectivity index (χ1n) is 9.72. The van der Waals surface area contributed by atoms with Gasteiger partial charge < -0.3 is 9.72 Å². The van der Waals surface area contributed by atoms with Crippen LogP contribution in [-0.2, 0) is 12.8 Å². The summed E-state index contributed by atoms with van der Waals surface area (Å²) in [6, 6.07) is 9.91. The molecular formula is C22H20FN5O. The molecule has 7 heteroatoms. The van der Waals surface area contributed by atoms with Crippen LogP contribution in [0.1, 0.15) is 40.3 Å². The number of nitrogens with one attached hydrogen (secondary N) is 1. The van der Waals surface area contributed by atoms with E-state index in [2.05, 4.69) is 15.4 Å². The van der Waals surface area contributed by atoms with E-state index in [-0.39, 0.29) is 11.7 Å². The fourth-order valence-electron chi connectivity index (χ4n) is 3.96. The molecule has 4 aromatic rings. The van der Waals surface area contributed by atoms with E-state index < -0.39 is 0 Å². The van der Waals surface area contributed by atoms with Gasteiger partial charge in [0, 0.05) is 23.7 Å². The van der Waals surface area contributed by atoms with E-state index in [1.54, 1.807) is 16.8 Å². The number of hydrogen-bond acceptors (Lipinski definition) is 3. The highest BCUT2D eigenvalue weighted by Crippen LogP contribution is 2.27. The highest BCUT2D eigenvalue weighted by atomic mass is 19.1.